The first-order chi connectivity index (χ1) is 7.86. The zero-order valence-electron chi connectivity index (χ0n) is 8.67. The average molecular weight is 223 g/mol. The second-order valence-electron chi connectivity index (χ2n) is 3.32. The summed E-state index contributed by atoms with van der Waals surface area (Å²) in [6.45, 7) is 1.10. The summed E-state index contributed by atoms with van der Waals surface area (Å²) in [6, 6.07) is 3.49. The van der Waals surface area contributed by atoms with Crippen molar-refractivity contribution in [2.24, 2.45) is 0 Å². The second kappa shape index (κ2) is 5.43. The third-order valence-corrected chi connectivity index (χ3v) is 2.13. The van der Waals surface area contributed by atoms with Crippen molar-refractivity contribution in [2.45, 2.75) is 12.5 Å². The predicted octanol–water partition coefficient (Wildman–Crippen LogP) is 0.528. The minimum atomic E-state index is -0.627. The van der Waals surface area contributed by atoms with Gasteiger partial charge in [0.2, 0.25) is 5.89 Å². The van der Waals surface area contributed by atoms with E-state index in [4.69, 9.17) is 8.94 Å². The summed E-state index contributed by atoms with van der Waals surface area (Å²) >= 11 is 0. The van der Waals surface area contributed by atoms with Crippen LogP contribution in [0.25, 0.3) is 0 Å². The molecule has 1 atom stereocenters. The zero-order chi connectivity index (χ0) is 11.2. The van der Waals surface area contributed by atoms with Crippen molar-refractivity contribution >= 4 is 0 Å². The molecule has 86 valence electrons. The second-order valence-corrected chi connectivity index (χ2v) is 3.32. The first kappa shape index (κ1) is 10.8. The van der Waals surface area contributed by atoms with Gasteiger partial charge in [-0.25, -0.2) is 0 Å². The average Bonchev–Trinajstić information content (AvgIpc) is 2.96. The van der Waals surface area contributed by atoms with Crippen LogP contribution in [0.15, 0.2) is 33.7 Å². The molecule has 0 amide bonds. The van der Waals surface area contributed by atoms with Crippen LogP contribution in [-0.4, -0.2) is 28.3 Å². The summed E-state index contributed by atoms with van der Waals surface area (Å²) in [5.74, 6) is 1.14. The van der Waals surface area contributed by atoms with Crippen LogP contribution in [0.2, 0.25) is 0 Å². The summed E-state index contributed by atoms with van der Waals surface area (Å²) in [6.07, 6.45) is 2.92. The molecule has 0 fully saturated rings. The molecule has 6 nitrogen and oxygen atoms in total. The third-order valence-electron chi connectivity index (χ3n) is 2.13. The number of rotatable bonds is 6. The molecule has 2 N–H and O–H groups in total. The monoisotopic (exact) mass is 223 g/mol. The molecule has 0 saturated carbocycles. The Hall–Kier alpha value is -1.66. The Balaban J connectivity index is 1.65. The minimum Gasteiger partial charge on any atom is -0.467 e. The fourth-order valence-electron chi connectivity index (χ4n) is 1.32. The molecule has 0 aliphatic carbocycles. The number of nitrogens with one attached hydrogen (secondary N) is 1. The summed E-state index contributed by atoms with van der Waals surface area (Å²) in [4.78, 5) is 3.88. The Morgan fingerprint density at radius 3 is 3.12 bits per heavy atom. The van der Waals surface area contributed by atoms with Crippen LogP contribution in [0.5, 0.6) is 0 Å². The van der Waals surface area contributed by atoms with Crippen molar-refractivity contribution in [2.75, 3.05) is 13.1 Å². The summed E-state index contributed by atoms with van der Waals surface area (Å²) < 4.78 is 9.90. The van der Waals surface area contributed by atoms with Crippen LogP contribution in [0.3, 0.4) is 0 Å². The van der Waals surface area contributed by atoms with Crippen LogP contribution >= 0.6 is 0 Å². The first-order valence-corrected chi connectivity index (χ1v) is 5.04. The maximum absolute atomic E-state index is 9.66. The summed E-state index contributed by atoms with van der Waals surface area (Å²) in [7, 11) is 0. The lowest BCUT2D eigenvalue weighted by Crippen LogP contribution is -2.23. The standard InChI is InChI=1S/C10H13N3O3/c14-8(9-2-1-5-15-9)6-11-4-3-10-12-7-13-16-10/h1-2,5,7-8,11,14H,3-4,6H2. The molecule has 0 aliphatic rings. The number of nitrogens with zero attached hydrogens (tertiary/aromatic N) is 2. The van der Waals surface area contributed by atoms with Crippen molar-refractivity contribution in [1.29, 1.82) is 0 Å². The van der Waals surface area contributed by atoms with Crippen LogP contribution in [-0.2, 0) is 6.42 Å². The van der Waals surface area contributed by atoms with Gasteiger partial charge in [-0.15, -0.1) is 0 Å². The van der Waals surface area contributed by atoms with Crippen molar-refractivity contribution in [3.8, 4) is 0 Å². The Bertz CT molecular complexity index is 385. The number of aliphatic hydroxyl groups excluding tert-OH is 1. The van der Waals surface area contributed by atoms with E-state index in [1.807, 2.05) is 0 Å². The normalized spacial score (nSPS) is 12.8. The first-order valence-electron chi connectivity index (χ1n) is 5.04. The van der Waals surface area contributed by atoms with Gasteiger partial charge in [0.15, 0.2) is 6.33 Å². The third kappa shape index (κ3) is 2.91. The zero-order valence-corrected chi connectivity index (χ0v) is 8.67. The fourth-order valence-corrected chi connectivity index (χ4v) is 1.32. The van der Waals surface area contributed by atoms with Gasteiger partial charge in [-0.1, -0.05) is 5.16 Å². The predicted molar refractivity (Wildman–Crippen MR) is 54.5 cm³/mol. The largest absolute Gasteiger partial charge is 0.467 e. The van der Waals surface area contributed by atoms with Crippen LogP contribution in [0.1, 0.15) is 17.8 Å². The molecule has 0 saturated heterocycles. The highest BCUT2D eigenvalue weighted by atomic mass is 16.5. The van der Waals surface area contributed by atoms with Gasteiger partial charge in [-0.3, -0.25) is 0 Å². The molecule has 2 aromatic rings. The Labute approximate surface area is 92.3 Å². The lowest BCUT2D eigenvalue weighted by atomic mass is 10.2. The molecule has 0 aliphatic heterocycles. The lowest BCUT2D eigenvalue weighted by Gasteiger charge is -2.08. The van der Waals surface area contributed by atoms with Crippen molar-refractivity contribution in [1.82, 2.24) is 15.5 Å². The van der Waals surface area contributed by atoms with Crippen LogP contribution in [0.4, 0.5) is 0 Å². The molecule has 2 heterocycles. The molecule has 2 rings (SSSR count). The highest BCUT2D eigenvalue weighted by molar-refractivity contribution is 5.02. The number of aliphatic hydroxyl groups is 1. The molecular weight excluding hydrogens is 210 g/mol. The molecule has 0 radical (unpaired) electrons. The van der Waals surface area contributed by atoms with Crippen molar-refractivity contribution < 1.29 is 14.0 Å². The number of hydrogen-bond acceptors (Lipinski definition) is 6. The Kier molecular flexibility index (Phi) is 3.68. The molecule has 0 spiro atoms. The Morgan fingerprint density at radius 2 is 2.44 bits per heavy atom. The van der Waals surface area contributed by atoms with E-state index < -0.39 is 6.10 Å². The molecule has 16 heavy (non-hydrogen) atoms. The van der Waals surface area contributed by atoms with Gasteiger partial charge < -0.3 is 19.4 Å². The van der Waals surface area contributed by atoms with E-state index >= 15 is 0 Å². The van der Waals surface area contributed by atoms with Crippen molar-refractivity contribution in [3.63, 3.8) is 0 Å². The van der Waals surface area contributed by atoms with E-state index in [-0.39, 0.29) is 0 Å². The van der Waals surface area contributed by atoms with Gasteiger partial charge in [0.25, 0.3) is 0 Å². The SMILES string of the molecule is OC(CNCCc1ncno1)c1ccco1. The number of furan rings is 1. The van der Waals surface area contributed by atoms with E-state index in [1.165, 1.54) is 12.6 Å². The molecule has 0 aromatic carbocycles. The van der Waals surface area contributed by atoms with Gasteiger partial charge >= 0.3 is 0 Å². The Morgan fingerprint density at radius 1 is 1.50 bits per heavy atom. The summed E-state index contributed by atoms with van der Waals surface area (Å²) in [5, 5.41) is 16.2. The molecule has 6 heteroatoms. The fraction of sp³-hybridized carbons (Fsp3) is 0.400. The quantitative estimate of drug-likeness (QED) is 0.695. The molecule has 1 unspecified atom stereocenters. The number of aromatic nitrogens is 2. The van der Waals surface area contributed by atoms with Crippen molar-refractivity contribution in [3.05, 3.63) is 36.4 Å². The van der Waals surface area contributed by atoms with E-state index in [1.54, 1.807) is 12.1 Å². The van der Waals surface area contributed by atoms with Gasteiger partial charge in [-0.05, 0) is 12.1 Å². The number of hydrogen-bond donors (Lipinski definition) is 2. The van der Waals surface area contributed by atoms with Crippen LogP contribution in [0, 0.1) is 0 Å². The van der Waals surface area contributed by atoms with Gasteiger partial charge in [0.1, 0.15) is 11.9 Å². The minimum absolute atomic E-state index is 0.432. The van der Waals surface area contributed by atoms with Gasteiger partial charge in [0, 0.05) is 19.5 Å². The summed E-state index contributed by atoms with van der Waals surface area (Å²) in [5.41, 5.74) is 0. The van der Waals surface area contributed by atoms with Gasteiger partial charge in [0.05, 0.1) is 6.26 Å². The van der Waals surface area contributed by atoms with Crippen LogP contribution < -0.4 is 5.32 Å². The maximum atomic E-state index is 9.66. The lowest BCUT2D eigenvalue weighted by molar-refractivity contribution is 0.147. The van der Waals surface area contributed by atoms with Gasteiger partial charge in [-0.2, -0.15) is 4.98 Å². The molecule has 2 aromatic heterocycles. The molecular formula is C10H13N3O3. The van der Waals surface area contributed by atoms with E-state index in [0.29, 0.717) is 31.2 Å². The van der Waals surface area contributed by atoms with E-state index in [0.717, 1.165) is 0 Å². The van der Waals surface area contributed by atoms with E-state index in [2.05, 4.69) is 15.5 Å². The topological polar surface area (TPSA) is 84.3 Å². The maximum Gasteiger partial charge on any atom is 0.227 e. The molecule has 0 bridgehead atoms. The highest BCUT2D eigenvalue weighted by Gasteiger charge is 2.09. The smallest absolute Gasteiger partial charge is 0.227 e. The van der Waals surface area contributed by atoms with E-state index in [9.17, 15) is 5.11 Å². The highest BCUT2D eigenvalue weighted by Crippen LogP contribution is 2.11.